The Labute approximate surface area is 124 Å². The molecule has 0 aromatic carbocycles. The number of hydrogen-bond donors (Lipinski definition) is 2. The molecule has 0 bridgehead atoms. The largest absolute Gasteiger partial charge is 0.392 e. The summed E-state index contributed by atoms with van der Waals surface area (Å²) < 4.78 is 0. The smallest absolute Gasteiger partial charge is 0.251 e. The molecule has 1 fully saturated rings. The Kier molecular flexibility index (Phi) is 4.35. The van der Waals surface area contributed by atoms with Crippen LogP contribution >= 0.6 is 11.6 Å². The van der Waals surface area contributed by atoms with E-state index in [1.807, 2.05) is 13.8 Å². The highest BCUT2D eigenvalue weighted by atomic mass is 35.5. The first-order chi connectivity index (χ1) is 9.34. The van der Waals surface area contributed by atoms with Crippen molar-refractivity contribution in [3.8, 4) is 0 Å². The van der Waals surface area contributed by atoms with Crippen molar-refractivity contribution in [1.82, 2.24) is 10.3 Å². The lowest BCUT2D eigenvalue weighted by atomic mass is 9.64. The lowest BCUT2D eigenvalue weighted by Crippen LogP contribution is -2.61. The number of aromatic nitrogens is 1. The minimum absolute atomic E-state index is 0.00781. The topological polar surface area (TPSA) is 62.2 Å². The van der Waals surface area contributed by atoms with Gasteiger partial charge < -0.3 is 10.4 Å². The number of pyridine rings is 1. The third-order valence-electron chi connectivity index (χ3n) is 4.14. The molecule has 2 rings (SSSR count). The highest BCUT2D eigenvalue weighted by Crippen LogP contribution is 2.40. The number of hydrogen-bond acceptors (Lipinski definition) is 3. The van der Waals surface area contributed by atoms with Crippen LogP contribution in [-0.4, -0.2) is 28.1 Å². The molecule has 1 amide bonds. The molecule has 2 unspecified atom stereocenters. The lowest BCUT2D eigenvalue weighted by Gasteiger charge is -2.49. The number of carbonyl (C=O) groups excluding carboxylic acids is 1. The van der Waals surface area contributed by atoms with Crippen LogP contribution in [0.15, 0.2) is 12.1 Å². The molecule has 0 radical (unpaired) electrons. The number of aliphatic hydroxyl groups is 1. The molecule has 4 nitrogen and oxygen atoms in total. The Bertz CT molecular complexity index is 517. The SMILES string of the molecule is CCCc1cc(C(=O)NC2CC(O)C2(C)C)cc(Cl)n1. The fraction of sp³-hybridized carbons (Fsp3) is 0.600. The summed E-state index contributed by atoms with van der Waals surface area (Å²) >= 11 is 5.96. The third kappa shape index (κ3) is 2.96. The molecule has 2 N–H and O–H groups in total. The van der Waals surface area contributed by atoms with E-state index in [-0.39, 0.29) is 23.5 Å². The first-order valence-electron chi connectivity index (χ1n) is 7.00. The van der Waals surface area contributed by atoms with Crippen molar-refractivity contribution in [1.29, 1.82) is 0 Å². The second-order valence-electron chi connectivity index (χ2n) is 6.02. The maximum Gasteiger partial charge on any atom is 0.251 e. The van der Waals surface area contributed by atoms with Gasteiger partial charge in [0.1, 0.15) is 5.15 Å². The summed E-state index contributed by atoms with van der Waals surface area (Å²) in [5, 5.41) is 13.0. The van der Waals surface area contributed by atoms with Gasteiger partial charge in [-0.15, -0.1) is 0 Å². The number of aliphatic hydroxyl groups excluding tert-OH is 1. The first kappa shape index (κ1) is 15.3. The van der Waals surface area contributed by atoms with Crippen molar-refractivity contribution in [3.63, 3.8) is 0 Å². The van der Waals surface area contributed by atoms with Crippen molar-refractivity contribution in [2.45, 2.75) is 52.2 Å². The molecule has 0 aliphatic heterocycles. The second-order valence-corrected chi connectivity index (χ2v) is 6.41. The van der Waals surface area contributed by atoms with Gasteiger partial charge in [0, 0.05) is 22.7 Å². The van der Waals surface area contributed by atoms with Crippen molar-refractivity contribution in [2.75, 3.05) is 0 Å². The number of halogens is 1. The van der Waals surface area contributed by atoms with Crippen LogP contribution in [-0.2, 0) is 6.42 Å². The summed E-state index contributed by atoms with van der Waals surface area (Å²) in [6.07, 6.45) is 1.99. The van der Waals surface area contributed by atoms with E-state index in [0.717, 1.165) is 18.5 Å². The van der Waals surface area contributed by atoms with Crippen LogP contribution in [0.1, 0.15) is 49.7 Å². The van der Waals surface area contributed by atoms with Gasteiger partial charge in [-0.2, -0.15) is 0 Å². The van der Waals surface area contributed by atoms with Crippen molar-refractivity contribution < 1.29 is 9.90 Å². The van der Waals surface area contributed by atoms with Gasteiger partial charge in [0.15, 0.2) is 0 Å². The highest BCUT2D eigenvalue weighted by molar-refractivity contribution is 6.29. The van der Waals surface area contributed by atoms with Crippen LogP contribution in [0.25, 0.3) is 0 Å². The van der Waals surface area contributed by atoms with Gasteiger partial charge in [-0.3, -0.25) is 4.79 Å². The molecule has 1 aliphatic carbocycles. The number of carbonyl (C=O) groups is 1. The molecule has 110 valence electrons. The van der Waals surface area contributed by atoms with Crippen LogP contribution < -0.4 is 5.32 Å². The van der Waals surface area contributed by atoms with Gasteiger partial charge in [-0.1, -0.05) is 38.8 Å². The van der Waals surface area contributed by atoms with E-state index in [4.69, 9.17) is 11.6 Å². The summed E-state index contributed by atoms with van der Waals surface area (Å²) in [4.78, 5) is 16.5. The maximum atomic E-state index is 12.3. The monoisotopic (exact) mass is 296 g/mol. The van der Waals surface area contributed by atoms with Crippen LogP contribution in [0.4, 0.5) is 0 Å². The van der Waals surface area contributed by atoms with E-state index >= 15 is 0 Å². The minimum Gasteiger partial charge on any atom is -0.392 e. The molecule has 1 aromatic heterocycles. The molecule has 1 aromatic rings. The average Bonchev–Trinajstić information content (AvgIpc) is 2.38. The molecular formula is C15H21ClN2O2. The molecular weight excluding hydrogens is 276 g/mol. The molecule has 20 heavy (non-hydrogen) atoms. The van der Waals surface area contributed by atoms with Crippen LogP contribution in [0.2, 0.25) is 5.15 Å². The average molecular weight is 297 g/mol. The van der Waals surface area contributed by atoms with E-state index in [9.17, 15) is 9.90 Å². The van der Waals surface area contributed by atoms with Crippen LogP contribution in [0.5, 0.6) is 0 Å². The Morgan fingerprint density at radius 1 is 1.55 bits per heavy atom. The van der Waals surface area contributed by atoms with Gasteiger partial charge in [-0.05, 0) is 25.0 Å². The van der Waals surface area contributed by atoms with E-state index < -0.39 is 0 Å². The summed E-state index contributed by atoms with van der Waals surface area (Å²) in [6.45, 7) is 5.96. The summed E-state index contributed by atoms with van der Waals surface area (Å²) in [5.74, 6) is -0.156. The number of amides is 1. The standard InChI is InChI=1S/C15H21ClN2O2/c1-4-5-10-6-9(7-13(16)17-10)14(20)18-11-8-12(19)15(11,2)3/h6-7,11-12,19H,4-5,8H2,1-3H3,(H,18,20). The van der Waals surface area contributed by atoms with Gasteiger partial charge in [0.05, 0.1) is 6.10 Å². The number of rotatable bonds is 4. The number of nitrogens with one attached hydrogen (secondary N) is 1. The number of aryl methyl sites for hydroxylation is 1. The Morgan fingerprint density at radius 2 is 2.25 bits per heavy atom. The Balaban J connectivity index is 2.10. The van der Waals surface area contributed by atoms with Gasteiger partial charge >= 0.3 is 0 Å². The fourth-order valence-corrected chi connectivity index (χ4v) is 2.68. The Hall–Kier alpha value is -1.13. The minimum atomic E-state index is -0.357. The van der Waals surface area contributed by atoms with Crippen molar-refractivity contribution >= 4 is 17.5 Å². The normalized spacial score (nSPS) is 24.1. The van der Waals surface area contributed by atoms with Gasteiger partial charge in [0.2, 0.25) is 0 Å². The Morgan fingerprint density at radius 3 is 2.80 bits per heavy atom. The summed E-state index contributed by atoms with van der Waals surface area (Å²) in [6, 6.07) is 3.36. The molecule has 0 spiro atoms. The van der Waals surface area contributed by atoms with Gasteiger partial charge in [-0.25, -0.2) is 4.98 Å². The first-order valence-corrected chi connectivity index (χ1v) is 7.37. The van der Waals surface area contributed by atoms with Crippen molar-refractivity contribution in [2.24, 2.45) is 5.41 Å². The zero-order valence-corrected chi connectivity index (χ0v) is 12.9. The second kappa shape index (κ2) is 5.70. The molecule has 1 saturated carbocycles. The third-order valence-corrected chi connectivity index (χ3v) is 4.33. The lowest BCUT2D eigenvalue weighted by molar-refractivity contribution is -0.0689. The van der Waals surface area contributed by atoms with Crippen LogP contribution in [0, 0.1) is 5.41 Å². The van der Waals surface area contributed by atoms with Crippen LogP contribution in [0.3, 0.4) is 0 Å². The molecule has 1 heterocycles. The number of nitrogens with zero attached hydrogens (tertiary/aromatic N) is 1. The molecule has 2 atom stereocenters. The molecule has 1 aliphatic rings. The van der Waals surface area contributed by atoms with E-state index in [1.54, 1.807) is 12.1 Å². The predicted octanol–water partition coefficient (Wildman–Crippen LogP) is 2.58. The zero-order chi connectivity index (χ0) is 14.9. The van der Waals surface area contributed by atoms with Gasteiger partial charge in [0.25, 0.3) is 5.91 Å². The molecule has 0 saturated heterocycles. The maximum absolute atomic E-state index is 12.3. The zero-order valence-electron chi connectivity index (χ0n) is 12.1. The van der Waals surface area contributed by atoms with E-state index in [0.29, 0.717) is 17.1 Å². The quantitative estimate of drug-likeness (QED) is 0.840. The molecule has 5 heteroatoms. The summed E-state index contributed by atoms with van der Waals surface area (Å²) in [7, 11) is 0. The van der Waals surface area contributed by atoms with E-state index in [2.05, 4.69) is 17.2 Å². The van der Waals surface area contributed by atoms with Crippen molar-refractivity contribution in [3.05, 3.63) is 28.5 Å². The van der Waals surface area contributed by atoms with E-state index in [1.165, 1.54) is 0 Å². The fourth-order valence-electron chi connectivity index (χ4n) is 2.46. The highest BCUT2D eigenvalue weighted by Gasteiger charge is 2.47. The predicted molar refractivity (Wildman–Crippen MR) is 78.9 cm³/mol. The summed E-state index contributed by atoms with van der Waals surface area (Å²) in [5.41, 5.74) is 1.09.